The summed E-state index contributed by atoms with van der Waals surface area (Å²) in [4.78, 5) is 32.9. The van der Waals surface area contributed by atoms with Crippen molar-refractivity contribution in [2.24, 2.45) is 0 Å². The largest absolute Gasteiger partial charge is 0.449 e. The minimum Gasteiger partial charge on any atom is -0.449 e. The van der Waals surface area contributed by atoms with Gasteiger partial charge in [-0.1, -0.05) is 6.07 Å². The summed E-state index contributed by atoms with van der Waals surface area (Å²) in [5.74, 6) is -0.769. The molecule has 1 fully saturated rings. The van der Waals surface area contributed by atoms with E-state index in [9.17, 15) is 9.59 Å². The number of carbonyl (C=O) groups is 2. The van der Waals surface area contributed by atoms with Crippen LogP contribution in [0, 0.1) is 0 Å². The van der Waals surface area contributed by atoms with Gasteiger partial charge in [0.1, 0.15) is 0 Å². The van der Waals surface area contributed by atoms with Crippen LogP contribution in [-0.4, -0.2) is 63.9 Å². The number of carbonyl (C=O) groups excluding carboxylic acids is 2. The maximum atomic E-state index is 13.0. The summed E-state index contributed by atoms with van der Waals surface area (Å²) in [7, 11) is 0. The van der Waals surface area contributed by atoms with E-state index < -0.39 is 12.1 Å². The van der Waals surface area contributed by atoms with Crippen molar-refractivity contribution in [3.05, 3.63) is 35.3 Å². The Labute approximate surface area is 172 Å². The standard InChI is InChI=1S/C20H22N4O4S/c1-3-24-18-15(12-21-24)14(11-16(22-18)17-5-4-10-29-17)20(26)28-13(2)19(25)23-6-8-27-9-7-23/h4-5,10-13H,3,6-9H2,1-2H3. The van der Waals surface area contributed by atoms with Crippen LogP contribution in [0.4, 0.5) is 0 Å². The highest BCUT2D eigenvalue weighted by Gasteiger charge is 2.27. The van der Waals surface area contributed by atoms with E-state index in [0.717, 1.165) is 4.88 Å². The Bertz CT molecular complexity index is 1020. The summed E-state index contributed by atoms with van der Waals surface area (Å²) in [6.45, 7) is 6.20. The monoisotopic (exact) mass is 414 g/mol. The van der Waals surface area contributed by atoms with Crippen molar-refractivity contribution < 1.29 is 19.1 Å². The van der Waals surface area contributed by atoms with Gasteiger partial charge in [0, 0.05) is 19.6 Å². The molecule has 1 unspecified atom stereocenters. The molecule has 1 atom stereocenters. The second-order valence-corrected chi connectivity index (χ2v) is 7.66. The van der Waals surface area contributed by atoms with E-state index in [1.165, 1.54) is 0 Å². The van der Waals surface area contributed by atoms with Crippen molar-refractivity contribution in [1.82, 2.24) is 19.7 Å². The van der Waals surface area contributed by atoms with E-state index in [2.05, 4.69) is 5.10 Å². The number of nitrogens with zero attached hydrogens (tertiary/aromatic N) is 4. The summed E-state index contributed by atoms with van der Waals surface area (Å²) < 4.78 is 12.6. The summed E-state index contributed by atoms with van der Waals surface area (Å²) in [6.07, 6.45) is 0.741. The van der Waals surface area contributed by atoms with Crippen LogP contribution in [-0.2, 0) is 20.8 Å². The SMILES string of the molecule is CCn1ncc2c(C(=O)OC(C)C(=O)N3CCOCC3)cc(-c3cccs3)nc21. The van der Waals surface area contributed by atoms with E-state index in [0.29, 0.717) is 55.1 Å². The number of hydrogen-bond donors (Lipinski definition) is 0. The summed E-state index contributed by atoms with van der Waals surface area (Å²) in [6, 6.07) is 5.60. The molecule has 1 amide bonds. The van der Waals surface area contributed by atoms with Gasteiger partial charge in [0.05, 0.1) is 40.9 Å². The van der Waals surface area contributed by atoms with Crippen molar-refractivity contribution in [2.75, 3.05) is 26.3 Å². The van der Waals surface area contributed by atoms with Crippen LogP contribution in [0.2, 0.25) is 0 Å². The van der Waals surface area contributed by atoms with Gasteiger partial charge in [-0.05, 0) is 31.4 Å². The molecular formula is C20H22N4O4S. The molecule has 1 saturated heterocycles. The lowest BCUT2D eigenvalue weighted by molar-refractivity contribution is -0.143. The van der Waals surface area contributed by atoms with Gasteiger partial charge in [-0.25, -0.2) is 14.5 Å². The highest BCUT2D eigenvalue weighted by Crippen LogP contribution is 2.28. The molecule has 0 radical (unpaired) electrons. The lowest BCUT2D eigenvalue weighted by atomic mass is 10.1. The number of aryl methyl sites for hydroxylation is 1. The van der Waals surface area contributed by atoms with E-state index in [-0.39, 0.29) is 5.91 Å². The molecule has 0 saturated carbocycles. The van der Waals surface area contributed by atoms with Gasteiger partial charge in [0.2, 0.25) is 0 Å². The van der Waals surface area contributed by atoms with E-state index in [1.54, 1.807) is 40.1 Å². The van der Waals surface area contributed by atoms with Gasteiger partial charge in [-0.3, -0.25) is 4.79 Å². The third kappa shape index (κ3) is 3.88. The Hall–Kier alpha value is -2.78. The number of hydrogen-bond acceptors (Lipinski definition) is 7. The zero-order chi connectivity index (χ0) is 20.4. The number of thiophene rings is 1. The molecule has 3 aromatic heterocycles. The van der Waals surface area contributed by atoms with Crippen LogP contribution in [0.3, 0.4) is 0 Å². The van der Waals surface area contributed by atoms with Gasteiger partial charge >= 0.3 is 5.97 Å². The Kier molecular flexibility index (Phi) is 5.59. The van der Waals surface area contributed by atoms with Crippen LogP contribution in [0.1, 0.15) is 24.2 Å². The highest BCUT2D eigenvalue weighted by molar-refractivity contribution is 7.13. The first-order chi connectivity index (χ1) is 14.1. The van der Waals surface area contributed by atoms with E-state index >= 15 is 0 Å². The van der Waals surface area contributed by atoms with Crippen molar-refractivity contribution in [1.29, 1.82) is 0 Å². The summed E-state index contributed by atoms with van der Waals surface area (Å²) >= 11 is 1.54. The van der Waals surface area contributed by atoms with Gasteiger partial charge in [0.25, 0.3) is 5.91 Å². The Morgan fingerprint density at radius 3 is 2.83 bits per heavy atom. The fourth-order valence-corrected chi connectivity index (χ4v) is 4.00. The average molecular weight is 414 g/mol. The third-order valence-corrected chi connectivity index (χ3v) is 5.75. The van der Waals surface area contributed by atoms with Crippen LogP contribution in [0.25, 0.3) is 21.6 Å². The molecule has 0 bridgehead atoms. The Morgan fingerprint density at radius 2 is 2.14 bits per heavy atom. The first-order valence-corrected chi connectivity index (χ1v) is 10.4. The van der Waals surface area contributed by atoms with Gasteiger partial charge < -0.3 is 14.4 Å². The number of amides is 1. The predicted molar refractivity (Wildman–Crippen MR) is 109 cm³/mol. The van der Waals surface area contributed by atoms with Crippen LogP contribution in [0.5, 0.6) is 0 Å². The molecule has 3 aromatic rings. The highest BCUT2D eigenvalue weighted by atomic mass is 32.1. The number of ether oxygens (including phenoxy) is 2. The number of morpholine rings is 1. The van der Waals surface area contributed by atoms with Gasteiger partial charge in [-0.2, -0.15) is 5.10 Å². The number of fused-ring (bicyclic) bond motifs is 1. The number of esters is 1. The molecule has 0 spiro atoms. The third-order valence-electron chi connectivity index (χ3n) is 4.86. The average Bonchev–Trinajstić information content (AvgIpc) is 3.42. The molecule has 152 valence electrons. The smallest absolute Gasteiger partial charge is 0.339 e. The molecule has 0 aliphatic carbocycles. The molecular weight excluding hydrogens is 392 g/mol. The lowest BCUT2D eigenvalue weighted by Crippen LogP contribution is -2.46. The number of aromatic nitrogens is 3. The quantitative estimate of drug-likeness (QED) is 0.597. The van der Waals surface area contributed by atoms with Crippen molar-refractivity contribution in [3.8, 4) is 10.6 Å². The maximum Gasteiger partial charge on any atom is 0.339 e. The fraction of sp³-hybridized carbons (Fsp3) is 0.400. The molecule has 4 heterocycles. The predicted octanol–water partition coefficient (Wildman–Crippen LogP) is 2.58. The van der Waals surface area contributed by atoms with E-state index in [4.69, 9.17) is 14.5 Å². The second-order valence-electron chi connectivity index (χ2n) is 6.72. The summed E-state index contributed by atoms with van der Waals surface area (Å²) in [5, 5.41) is 6.90. The fourth-order valence-electron chi connectivity index (χ4n) is 3.31. The first kappa shape index (κ1) is 19.5. The topological polar surface area (TPSA) is 86.6 Å². The number of pyridine rings is 1. The van der Waals surface area contributed by atoms with Gasteiger partial charge in [0.15, 0.2) is 11.8 Å². The Balaban J connectivity index is 1.64. The zero-order valence-corrected chi connectivity index (χ0v) is 17.1. The second kappa shape index (κ2) is 8.30. The molecule has 29 heavy (non-hydrogen) atoms. The number of rotatable bonds is 5. The normalized spacial score (nSPS) is 15.4. The molecule has 4 rings (SSSR count). The first-order valence-electron chi connectivity index (χ1n) is 9.56. The van der Waals surface area contributed by atoms with E-state index in [1.807, 2.05) is 24.4 Å². The van der Waals surface area contributed by atoms with Crippen molar-refractivity contribution >= 4 is 34.2 Å². The molecule has 0 aromatic carbocycles. The van der Waals surface area contributed by atoms with Crippen LogP contribution < -0.4 is 0 Å². The van der Waals surface area contributed by atoms with Gasteiger partial charge in [-0.15, -0.1) is 11.3 Å². The van der Waals surface area contributed by atoms with Crippen molar-refractivity contribution in [3.63, 3.8) is 0 Å². The minimum absolute atomic E-state index is 0.213. The minimum atomic E-state index is -0.879. The molecule has 1 aliphatic heterocycles. The molecule has 9 heteroatoms. The van der Waals surface area contributed by atoms with Crippen LogP contribution >= 0.6 is 11.3 Å². The molecule has 1 aliphatic rings. The summed E-state index contributed by atoms with van der Waals surface area (Å²) in [5.41, 5.74) is 1.67. The van der Waals surface area contributed by atoms with Crippen molar-refractivity contribution in [2.45, 2.75) is 26.5 Å². The molecule has 0 N–H and O–H groups in total. The zero-order valence-electron chi connectivity index (χ0n) is 16.3. The maximum absolute atomic E-state index is 13.0. The lowest BCUT2D eigenvalue weighted by Gasteiger charge is -2.29. The Morgan fingerprint density at radius 1 is 1.34 bits per heavy atom. The van der Waals surface area contributed by atoms with Crippen LogP contribution in [0.15, 0.2) is 29.8 Å². The molecule has 8 nitrogen and oxygen atoms in total.